The number of amidine groups is 1. The van der Waals surface area contributed by atoms with Gasteiger partial charge in [0.15, 0.2) is 5.17 Å². The second kappa shape index (κ2) is 6.85. The number of nitrogens with zero attached hydrogens (tertiary/aromatic N) is 1. The van der Waals surface area contributed by atoms with Gasteiger partial charge in [0, 0.05) is 24.4 Å². The van der Waals surface area contributed by atoms with Crippen molar-refractivity contribution in [3.8, 4) is 0 Å². The van der Waals surface area contributed by atoms with Crippen LogP contribution in [-0.2, 0) is 9.59 Å². The highest BCUT2D eigenvalue weighted by Gasteiger charge is 2.12. The topological polar surface area (TPSA) is 128 Å². The van der Waals surface area contributed by atoms with Crippen LogP contribution in [0.15, 0.2) is 12.2 Å². The molecule has 0 aromatic carbocycles. The predicted molar refractivity (Wildman–Crippen MR) is 55.5 cm³/mol. The van der Waals surface area contributed by atoms with Crippen molar-refractivity contribution < 1.29 is 19.8 Å². The van der Waals surface area contributed by atoms with Crippen LogP contribution in [0.1, 0.15) is 0 Å². The van der Waals surface area contributed by atoms with Gasteiger partial charge in [0.05, 0.1) is 0 Å². The number of aliphatic carboxylic acids is 2. The summed E-state index contributed by atoms with van der Waals surface area (Å²) in [6.45, 7) is 0.823. The molecule has 0 radical (unpaired) electrons. The van der Waals surface area contributed by atoms with Crippen molar-refractivity contribution in [2.45, 2.75) is 0 Å². The molecule has 0 bridgehead atoms. The number of rotatable bonds is 2. The van der Waals surface area contributed by atoms with Crippen molar-refractivity contribution >= 4 is 28.9 Å². The quantitative estimate of drug-likeness (QED) is 0.376. The molecule has 0 spiro atoms. The first kappa shape index (κ1) is 13.5. The van der Waals surface area contributed by atoms with Gasteiger partial charge in [-0.15, -0.1) is 0 Å². The van der Waals surface area contributed by atoms with Gasteiger partial charge >= 0.3 is 11.9 Å². The lowest BCUT2D eigenvalue weighted by Gasteiger charge is -2.04. The first-order valence-electron chi connectivity index (χ1n) is 3.81. The molecule has 0 saturated carbocycles. The average molecular weight is 233 g/mol. The van der Waals surface area contributed by atoms with Gasteiger partial charge in [-0.25, -0.2) is 15.4 Å². The molecular weight excluding hydrogens is 222 g/mol. The lowest BCUT2D eigenvalue weighted by Crippen LogP contribution is -2.30. The number of hydrogen-bond acceptors (Lipinski definition) is 5. The Morgan fingerprint density at radius 2 is 1.87 bits per heavy atom. The Bertz CT molecular complexity index is 276. The molecule has 15 heavy (non-hydrogen) atoms. The SMILES string of the molecule is N=C1SCCN1N.O=C(O)/C=C\C(=O)O. The van der Waals surface area contributed by atoms with Gasteiger partial charge in [0.2, 0.25) is 0 Å². The maximum Gasteiger partial charge on any atom is 0.328 e. The minimum atomic E-state index is -1.26. The Balaban J connectivity index is 0.000000262. The molecule has 1 saturated heterocycles. The molecule has 0 amide bonds. The average Bonchev–Trinajstić information content (AvgIpc) is 2.49. The first-order chi connectivity index (χ1) is 6.93. The van der Waals surface area contributed by atoms with Crippen LogP contribution in [0.4, 0.5) is 0 Å². The fourth-order valence-corrected chi connectivity index (χ4v) is 1.31. The Labute approximate surface area is 90.0 Å². The molecule has 1 aliphatic heterocycles. The summed E-state index contributed by atoms with van der Waals surface area (Å²) in [5.74, 6) is 3.72. The summed E-state index contributed by atoms with van der Waals surface area (Å²) in [7, 11) is 0. The van der Waals surface area contributed by atoms with Gasteiger partial charge in [-0.05, 0) is 0 Å². The van der Waals surface area contributed by atoms with E-state index in [0.29, 0.717) is 17.3 Å². The smallest absolute Gasteiger partial charge is 0.328 e. The molecule has 0 aromatic heterocycles. The highest BCUT2D eigenvalue weighted by molar-refractivity contribution is 8.14. The summed E-state index contributed by atoms with van der Waals surface area (Å²) in [6, 6.07) is 0. The van der Waals surface area contributed by atoms with E-state index in [1.807, 2.05) is 0 Å². The third-order valence-corrected chi connectivity index (χ3v) is 2.09. The fraction of sp³-hybridized carbons (Fsp3) is 0.286. The third kappa shape index (κ3) is 7.52. The fourth-order valence-electron chi connectivity index (χ4n) is 0.568. The molecule has 5 N–H and O–H groups in total. The standard InChI is InChI=1S/C4H4O4.C3H7N3S/c5-3(6)1-2-4(7)8;4-3-6(5)1-2-7-3/h1-2H,(H,5,6)(H,7,8);4H,1-2,5H2/b2-1-;. The Morgan fingerprint density at radius 3 is 2.00 bits per heavy atom. The van der Waals surface area contributed by atoms with E-state index in [4.69, 9.17) is 21.5 Å². The number of carboxylic acids is 2. The Morgan fingerprint density at radius 1 is 1.40 bits per heavy atom. The van der Waals surface area contributed by atoms with Gasteiger partial charge in [-0.1, -0.05) is 11.8 Å². The number of nitrogens with two attached hydrogens (primary N) is 1. The normalized spacial score (nSPS) is 15.0. The van der Waals surface area contributed by atoms with Crippen molar-refractivity contribution in [3.63, 3.8) is 0 Å². The lowest BCUT2D eigenvalue weighted by molar-refractivity contribution is -0.134. The number of hydrazine groups is 1. The Kier molecular flexibility index (Phi) is 6.14. The summed E-state index contributed by atoms with van der Waals surface area (Å²) in [5, 5.41) is 24.6. The first-order valence-corrected chi connectivity index (χ1v) is 4.79. The summed E-state index contributed by atoms with van der Waals surface area (Å²) in [4.78, 5) is 19.1. The van der Waals surface area contributed by atoms with Crippen molar-refractivity contribution in [1.29, 1.82) is 5.41 Å². The third-order valence-electron chi connectivity index (χ3n) is 1.20. The monoisotopic (exact) mass is 233 g/mol. The number of carbonyl (C=O) groups is 2. The summed E-state index contributed by atoms with van der Waals surface area (Å²) >= 11 is 1.49. The molecule has 0 atom stereocenters. The second-order valence-corrected chi connectivity index (χ2v) is 3.44. The van der Waals surface area contributed by atoms with Gasteiger partial charge < -0.3 is 10.2 Å². The van der Waals surface area contributed by atoms with E-state index in [2.05, 4.69) is 0 Å². The van der Waals surface area contributed by atoms with Crippen molar-refractivity contribution in [2.24, 2.45) is 5.84 Å². The Hall–Kier alpha value is -1.54. The van der Waals surface area contributed by atoms with Crippen molar-refractivity contribution in [1.82, 2.24) is 5.01 Å². The predicted octanol–water partition coefficient (Wildman–Crippen LogP) is -0.445. The summed E-state index contributed by atoms with van der Waals surface area (Å²) in [5.41, 5.74) is 0. The molecule has 1 rings (SSSR count). The molecule has 8 heteroatoms. The summed E-state index contributed by atoms with van der Waals surface area (Å²) < 4.78 is 0. The van der Waals surface area contributed by atoms with E-state index in [1.54, 1.807) is 0 Å². The zero-order valence-electron chi connectivity index (χ0n) is 7.71. The molecule has 1 fully saturated rings. The van der Waals surface area contributed by atoms with Crippen LogP contribution in [-0.4, -0.2) is 44.6 Å². The highest BCUT2D eigenvalue weighted by Crippen LogP contribution is 2.10. The minimum Gasteiger partial charge on any atom is -0.478 e. The van der Waals surface area contributed by atoms with Gasteiger partial charge in [-0.3, -0.25) is 10.4 Å². The molecular formula is C7H11N3O4S. The van der Waals surface area contributed by atoms with Crippen molar-refractivity contribution in [3.05, 3.63) is 12.2 Å². The number of hydrogen-bond donors (Lipinski definition) is 4. The maximum atomic E-state index is 9.55. The van der Waals surface area contributed by atoms with Gasteiger partial charge in [0.25, 0.3) is 0 Å². The van der Waals surface area contributed by atoms with Crippen LogP contribution in [0.5, 0.6) is 0 Å². The van der Waals surface area contributed by atoms with Crippen LogP contribution >= 0.6 is 11.8 Å². The lowest BCUT2D eigenvalue weighted by atomic mass is 10.5. The largest absolute Gasteiger partial charge is 0.478 e. The van der Waals surface area contributed by atoms with E-state index >= 15 is 0 Å². The zero-order chi connectivity index (χ0) is 11.8. The maximum absolute atomic E-state index is 9.55. The molecule has 7 nitrogen and oxygen atoms in total. The van der Waals surface area contributed by atoms with Gasteiger partial charge in [0.1, 0.15) is 0 Å². The molecule has 1 aliphatic rings. The van der Waals surface area contributed by atoms with Crippen LogP contribution in [0.25, 0.3) is 0 Å². The molecule has 0 aromatic rings. The van der Waals surface area contributed by atoms with E-state index in [-0.39, 0.29) is 0 Å². The highest BCUT2D eigenvalue weighted by atomic mass is 32.2. The zero-order valence-corrected chi connectivity index (χ0v) is 8.53. The molecule has 1 heterocycles. The minimum absolute atomic E-state index is 0.486. The van der Waals surface area contributed by atoms with E-state index in [9.17, 15) is 9.59 Å². The van der Waals surface area contributed by atoms with Crippen LogP contribution in [0.2, 0.25) is 0 Å². The molecule has 0 aliphatic carbocycles. The van der Waals surface area contributed by atoms with Gasteiger partial charge in [-0.2, -0.15) is 0 Å². The van der Waals surface area contributed by atoms with Crippen LogP contribution in [0, 0.1) is 5.41 Å². The molecule has 0 unspecified atom stereocenters. The number of thioether (sulfide) groups is 1. The number of nitrogens with one attached hydrogen (secondary N) is 1. The molecule has 84 valence electrons. The van der Waals surface area contributed by atoms with Crippen molar-refractivity contribution in [2.75, 3.05) is 12.3 Å². The summed E-state index contributed by atoms with van der Waals surface area (Å²) in [6.07, 6.45) is 1.12. The van der Waals surface area contributed by atoms with Crippen LogP contribution in [0.3, 0.4) is 0 Å². The van der Waals surface area contributed by atoms with E-state index in [1.165, 1.54) is 16.8 Å². The van der Waals surface area contributed by atoms with Crippen LogP contribution < -0.4 is 5.84 Å². The van der Waals surface area contributed by atoms with E-state index < -0.39 is 11.9 Å². The van der Waals surface area contributed by atoms with E-state index in [0.717, 1.165) is 12.3 Å². The second-order valence-electron chi connectivity index (χ2n) is 2.36. The number of carboxylic acid groups (broad SMARTS) is 2.